The van der Waals surface area contributed by atoms with Crippen molar-refractivity contribution in [3.05, 3.63) is 84.4 Å². The predicted molar refractivity (Wildman–Crippen MR) is 141 cm³/mol. The number of pyridine rings is 1. The number of para-hydroxylation sites is 2. The highest BCUT2D eigenvalue weighted by atomic mass is 32.2. The Labute approximate surface area is 214 Å². The zero-order valence-electron chi connectivity index (χ0n) is 20.0. The van der Waals surface area contributed by atoms with E-state index in [-0.39, 0.29) is 0 Å². The van der Waals surface area contributed by atoms with Gasteiger partial charge in [-0.05, 0) is 48.0 Å². The highest BCUT2D eigenvalue weighted by Crippen LogP contribution is 2.50. The number of hydrogen-bond acceptors (Lipinski definition) is 7. The molecule has 0 bridgehead atoms. The van der Waals surface area contributed by atoms with E-state index in [1.54, 1.807) is 18.9 Å². The van der Waals surface area contributed by atoms with E-state index in [0.717, 1.165) is 62.6 Å². The Morgan fingerprint density at radius 1 is 0.917 bits per heavy atom. The lowest BCUT2D eigenvalue weighted by atomic mass is 10.1. The summed E-state index contributed by atoms with van der Waals surface area (Å²) in [6, 6.07) is 26.3. The van der Waals surface area contributed by atoms with Crippen molar-refractivity contribution in [3.8, 4) is 34.4 Å². The van der Waals surface area contributed by atoms with Crippen molar-refractivity contribution in [2.45, 2.75) is 16.4 Å². The fraction of sp³-hybridized carbons (Fsp3) is 0.207. The molecule has 2 aliphatic heterocycles. The third kappa shape index (κ3) is 4.72. The van der Waals surface area contributed by atoms with E-state index >= 15 is 0 Å². The second-order valence-electron chi connectivity index (χ2n) is 8.57. The average Bonchev–Trinajstić information content (AvgIpc) is 2.95. The first-order valence-corrected chi connectivity index (χ1v) is 12.8. The number of nitrogens with zero attached hydrogens (tertiary/aromatic N) is 2. The lowest BCUT2D eigenvalue weighted by Crippen LogP contribution is -2.36. The van der Waals surface area contributed by atoms with E-state index in [2.05, 4.69) is 35.2 Å². The highest BCUT2D eigenvalue weighted by molar-refractivity contribution is 7.99. The lowest BCUT2D eigenvalue weighted by molar-refractivity contribution is 0.122. The number of fused-ring (bicyclic) bond motifs is 2. The van der Waals surface area contributed by atoms with Gasteiger partial charge in [-0.3, -0.25) is 0 Å². The number of ether oxygens (including phenoxy) is 4. The number of rotatable bonds is 6. The van der Waals surface area contributed by atoms with Gasteiger partial charge in [-0.25, -0.2) is 4.98 Å². The fourth-order valence-electron chi connectivity index (χ4n) is 4.34. The van der Waals surface area contributed by atoms with E-state index in [4.69, 9.17) is 23.9 Å². The van der Waals surface area contributed by atoms with E-state index in [0.29, 0.717) is 25.7 Å². The van der Waals surface area contributed by atoms with Gasteiger partial charge in [0.2, 0.25) is 5.88 Å². The summed E-state index contributed by atoms with van der Waals surface area (Å²) in [5.74, 6) is 3.09. The Kier molecular flexibility index (Phi) is 6.40. The molecule has 3 aromatic carbocycles. The molecule has 1 saturated heterocycles. The second kappa shape index (κ2) is 10.1. The van der Waals surface area contributed by atoms with Crippen LogP contribution in [0.2, 0.25) is 0 Å². The van der Waals surface area contributed by atoms with Gasteiger partial charge in [-0.1, -0.05) is 42.1 Å². The minimum Gasteiger partial charge on any atom is -0.497 e. The molecule has 0 saturated carbocycles. The van der Waals surface area contributed by atoms with E-state index in [1.807, 2.05) is 48.5 Å². The Balaban J connectivity index is 1.35. The van der Waals surface area contributed by atoms with Crippen molar-refractivity contribution in [2.75, 3.05) is 38.3 Å². The Morgan fingerprint density at radius 2 is 1.72 bits per heavy atom. The molecule has 0 amide bonds. The lowest BCUT2D eigenvalue weighted by Gasteiger charge is -2.29. The number of aromatic nitrogens is 1. The summed E-state index contributed by atoms with van der Waals surface area (Å²) in [5, 5.41) is 0. The Morgan fingerprint density at radius 3 is 2.56 bits per heavy atom. The fourth-order valence-corrected chi connectivity index (χ4v) is 5.32. The van der Waals surface area contributed by atoms with Crippen LogP contribution < -0.4 is 19.1 Å². The van der Waals surface area contributed by atoms with Crippen LogP contribution in [-0.4, -0.2) is 38.4 Å². The van der Waals surface area contributed by atoms with Crippen LogP contribution in [0.15, 0.2) is 88.7 Å². The zero-order valence-corrected chi connectivity index (χ0v) is 20.8. The largest absolute Gasteiger partial charge is 0.497 e. The predicted octanol–water partition coefficient (Wildman–Crippen LogP) is 6.43. The van der Waals surface area contributed by atoms with Crippen molar-refractivity contribution in [1.29, 1.82) is 0 Å². The second-order valence-corrected chi connectivity index (χ2v) is 9.65. The topological polar surface area (TPSA) is 53.1 Å². The van der Waals surface area contributed by atoms with Gasteiger partial charge in [0.05, 0.1) is 35.8 Å². The van der Waals surface area contributed by atoms with Gasteiger partial charge in [0.1, 0.15) is 18.1 Å². The summed E-state index contributed by atoms with van der Waals surface area (Å²) < 4.78 is 23.4. The quantitative estimate of drug-likeness (QED) is 0.267. The van der Waals surface area contributed by atoms with Gasteiger partial charge < -0.3 is 23.8 Å². The first-order chi connectivity index (χ1) is 17.8. The van der Waals surface area contributed by atoms with Gasteiger partial charge in [0.25, 0.3) is 0 Å². The minimum absolute atomic E-state index is 0.412. The molecule has 0 atom stereocenters. The van der Waals surface area contributed by atoms with Crippen molar-refractivity contribution in [3.63, 3.8) is 0 Å². The van der Waals surface area contributed by atoms with Gasteiger partial charge >= 0.3 is 0 Å². The maximum Gasteiger partial charge on any atom is 0.216 e. The van der Waals surface area contributed by atoms with E-state index < -0.39 is 0 Å². The molecule has 6 nitrogen and oxygen atoms in total. The molecular formula is C29H26N2O4S. The molecule has 0 aliphatic carbocycles. The molecule has 0 unspecified atom stereocenters. The molecule has 0 N–H and O–H groups in total. The van der Waals surface area contributed by atoms with Crippen molar-refractivity contribution in [1.82, 2.24) is 4.98 Å². The summed E-state index contributed by atoms with van der Waals surface area (Å²) in [6.07, 6.45) is 0. The standard InChI is InChI=1S/C29H26N2O4S/c1-32-22-11-9-20(10-12-22)19-34-28-18-21(31-13-15-33-16-14-31)17-24(30-28)23-5-4-8-27-29(23)35-25-6-2-3-7-26(25)36-27/h2-12,17-18H,13-16,19H2,1H3. The van der Waals surface area contributed by atoms with Gasteiger partial charge in [-0.15, -0.1) is 0 Å². The van der Waals surface area contributed by atoms with Crippen molar-refractivity contribution >= 4 is 17.4 Å². The van der Waals surface area contributed by atoms with Crippen LogP contribution in [0.3, 0.4) is 0 Å². The first-order valence-electron chi connectivity index (χ1n) is 12.0. The van der Waals surface area contributed by atoms with Crippen LogP contribution >= 0.6 is 11.8 Å². The van der Waals surface area contributed by atoms with E-state index in [1.165, 1.54) is 0 Å². The van der Waals surface area contributed by atoms with Crippen LogP contribution in [0.1, 0.15) is 5.56 Å². The molecule has 182 valence electrons. The Hall–Kier alpha value is -3.68. The normalized spacial score (nSPS) is 14.4. The monoisotopic (exact) mass is 498 g/mol. The molecular weight excluding hydrogens is 472 g/mol. The smallest absolute Gasteiger partial charge is 0.216 e. The third-order valence-corrected chi connectivity index (χ3v) is 7.34. The van der Waals surface area contributed by atoms with Crippen LogP contribution in [-0.2, 0) is 11.3 Å². The molecule has 0 spiro atoms. The zero-order chi connectivity index (χ0) is 24.3. The highest BCUT2D eigenvalue weighted by Gasteiger charge is 2.23. The average molecular weight is 499 g/mol. The molecule has 4 aromatic rings. The summed E-state index contributed by atoms with van der Waals surface area (Å²) in [7, 11) is 1.66. The number of morpholine rings is 1. The van der Waals surface area contributed by atoms with E-state index in [9.17, 15) is 0 Å². The maximum absolute atomic E-state index is 6.39. The summed E-state index contributed by atoms with van der Waals surface area (Å²) in [4.78, 5) is 9.42. The van der Waals surface area contributed by atoms with Crippen molar-refractivity contribution in [2.24, 2.45) is 0 Å². The SMILES string of the molecule is COc1ccc(COc2cc(N3CCOCC3)cc(-c3cccc4c3Oc3ccccc3S4)n2)cc1. The maximum atomic E-state index is 6.39. The number of anilines is 1. The number of methoxy groups -OCH3 is 1. The summed E-state index contributed by atoms with van der Waals surface area (Å²) in [5.41, 5.74) is 3.87. The first kappa shape index (κ1) is 22.8. The van der Waals surface area contributed by atoms with Crippen molar-refractivity contribution < 1.29 is 18.9 Å². The molecule has 36 heavy (non-hydrogen) atoms. The Bertz CT molecular complexity index is 1370. The molecule has 1 fully saturated rings. The van der Waals surface area contributed by atoms with Crippen LogP contribution in [0.4, 0.5) is 5.69 Å². The number of hydrogen-bond donors (Lipinski definition) is 0. The molecule has 6 rings (SSSR count). The summed E-state index contributed by atoms with van der Waals surface area (Å²) in [6.45, 7) is 3.48. The molecule has 2 aliphatic rings. The molecule has 7 heteroatoms. The van der Waals surface area contributed by atoms with Crippen LogP contribution in [0.25, 0.3) is 11.3 Å². The number of benzene rings is 3. The van der Waals surface area contributed by atoms with Gasteiger partial charge in [0, 0.05) is 30.4 Å². The van der Waals surface area contributed by atoms with Crippen LogP contribution in [0.5, 0.6) is 23.1 Å². The minimum atomic E-state index is 0.412. The summed E-state index contributed by atoms with van der Waals surface area (Å²) >= 11 is 1.72. The van der Waals surface area contributed by atoms with Crippen LogP contribution in [0, 0.1) is 0 Å². The molecule has 0 radical (unpaired) electrons. The molecule has 1 aromatic heterocycles. The third-order valence-electron chi connectivity index (χ3n) is 6.24. The van der Waals surface area contributed by atoms with Gasteiger partial charge in [-0.2, -0.15) is 0 Å². The molecule has 3 heterocycles. The van der Waals surface area contributed by atoms with Gasteiger partial charge in [0.15, 0.2) is 5.75 Å².